The van der Waals surface area contributed by atoms with Crippen LogP contribution in [-0.2, 0) is 0 Å². The Morgan fingerprint density at radius 2 is 1.91 bits per heavy atom. The standard InChI is InChI=1S/C19H27ClN2O/c1-19(2,14-21)10-3-11-22-12-8-16(9-13-22)18(23)15-4-6-17(20)7-5-15/h4-7,16,18,23H,3,8-13H2,1-2H3. The molecule has 3 nitrogen and oxygen atoms in total. The van der Waals surface area contributed by atoms with Crippen LogP contribution in [0.3, 0.4) is 0 Å². The van der Waals surface area contributed by atoms with E-state index in [2.05, 4.69) is 11.0 Å². The van der Waals surface area contributed by atoms with Crippen LogP contribution in [-0.4, -0.2) is 29.6 Å². The number of piperidine rings is 1. The summed E-state index contributed by atoms with van der Waals surface area (Å²) in [5, 5.41) is 20.3. The maximum atomic E-state index is 10.5. The number of aliphatic hydroxyl groups excluding tert-OH is 1. The molecule has 2 rings (SSSR count). The SMILES string of the molecule is CC(C)(C#N)CCCN1CCC(C(O)c2ccc(Cl)cc2)CC1. The predicted octanol–water partition coefficient (Wildman–Crippen LogP) is 4.42. The van der Waals surface area contributed by atoms with Gasteiger partial charge in [0.25, 0.3) is 0 Å². The molecule has 1 N–H and O–H groups in total. The third-order valence-electron chi connectivity index (χ3n) is 4.87. The van der Waals surface area contributed by atoms with Gasteiger partial charge in [-0.3, -0.25) is 0 Å². The number of hydrogen-bond acceptors (Lipinski definition) is 3. The molecule has 1 atom stereocenters. The highest BCUT2D eigenvalue weighted by atomic mass is 35.5. The Bertz CT molecular complexity index is 527. The third-order valence-corrected chi connectivity index (χ3v) is 5.12. The van der Waals surface area contributed by atoms with E-state index in [-0.39, 0.29) is 5.41 Å². The molecule has 0 bridgehead atoms. The van der Waals surface area contributed by atoms with E-state index in [0.717, 1.165) is 50.9 Å². The number of nitriles is 1. The zero-order valence-electron chi connectivity index (χ0n) is 14.1. The molecule has 1 saturated heterocycles. The molecule has 1 aliphatic heterocycles. The van der Waals surface area contributed by atoms with Gasteiger partial charge >= 0.3 is 0 Å². The van der Waals surface area contributed by atoms with Crippen LogP contribution in [0.2, 0.25) is 5.02 Å². The smallest absolute Gasteiger partial charge is 0.0819 e. The highest BCUT2D eigenvalue weighted by Crippen LogP contribution is 2.31. The minimum absolute atomic E-state index is 0.219. The lowest BCUT2D eigenvalue weighted by molar-refractivity contribution is 0.0579. The van der Waals surface area contributed by atoms with Gasteiger partial charge in [0.15, 0.2) is 0 Å². The number of aliphatic hydroxyl groups is 1. The predicted molar refractivity (Wildman–Crippen MR) is 94.2 cm³/mol. The second kappa shape index (κ2) is 8.15. The van der Waals surface area contributed by atoms with Gasteiger partial charge in [-0.25, -0.2) is 0 Å². The van der Waals surface area contributed by atoms with Crippen molar-refractivity contribution in [3.8, 4) is 6.07 Å². The van der Waals surface area contributed by atoms with Crippen LogP contribution in [0, 0.1) is 22.7 Å². The molecule has 1 heterocycles. The molecule has 1 aliphatic rings. The second-order valence-corrected chi connectivity index (χ2v) is 7.71. The summed E-state index contributed by atoms with van der Waals surface area (Å²) in [5.74, 6) is 0.322. The number of benzene rings is 1. The quantitative estimate of drug-likeness (QED) is 0.837. The van der Waals surface area contributed by atoms with Crippen LogP contribution < -0.4 is 0 Å². The molecule has 4 heteroatoms. The number of nitrogens with zero attached hydrogens (tertiary/aromatic N) is 2. The highest BCUT2D eigenvalue weighted by Gasteiger charge is 2.26. The molecule has 1 unspecified atom stereocenters. The van der Waals surface area contributed by atoms with Crippen LogP contribution in [0.5, 0.6) is 0 Å². The fourth-order valence-corrected chi connectivity index (χ4v) is 3.35. The fraction of sp³-hybridized carbons (Fsp3) is 0.632. The van der Waals surface area contributed by atoms with Crippen molar-refractivity contribution in [1.29, 1.82) is 5.26 Å². The average molecular weight is 335 g/mol. The van der Waals surface area contributed by atoms with E-state index in [4.69, 9.17) is 16.9 Å². The first-order chi connectivity index (χ1) is 10.9. The van der Waals surface area contributed by atoms with Gasteiger partial charge in [0.1, 0.15) is 0 Å². The molecule has 0 aliphatic carbocycles. The number of hydrogen-bond donors (Lipinski definition) is 1. The topological polar surface area (TPSA) is 47.3 Å². The summed E-state index contributed by atoms with van der Waals surface area (Å²) in [6.07, 6.45) is 3.64. The Balaban J connectivity index is 1.75. The van der Waals surface area contributed by atoms with Crippen molar-refractivity contribution in [2.75, 3.05) is 19.6 Å². The summed E-state index contributed by atoms with van der Waals surface area (Å²) in [7, 11) is 0. The summed E-state index contributed by atoms with van der Waals surface area (Å²) in [5.41, 5.74) is 0.743. The summed E-state index contributed by atoms with van der Waals surface area (Å²) in [4.78, 5) is 2.46. The van der Waals surface area contributed by atoms with Crippen LogP contribution in [0.4, 0.5) is 0 Å². The molecule has 1 aromatic rings. The lowest BCUT2D eigenvalue weighted by Crippen LogP contribution is -2.36. The largest absolute Gasteiger partial charge is 0.388 e. The first-order valence-electron chi connectivity index (χ1n) is 8.48. The minimum Gasteiger partial charge on any atom is -0.388 e. The molecule has 126 valence electrons. The van der Waals surface area contributed by atoms with Crippen LogP contribution in [0.1, 0.15) is 51.2 Å². The lowest BCUT2D eigenvalue weighted by Gasteiger charge is -2.34. The molecule has 0 saturated carbocycles. The Labute approximate surface area is 144 Å². The molecule has 0 spiro atoms. The Hall–Kier alpha value is -1.08. The summed E-state index contributed by atoms with van der Waals surface area (Å²) >= 11 is 5.90. The molecule has 0 radical (unpaired) electrons. The maximum Gasteiger partial charge on any atom is 0.0819 e. The monoisotopic (exact) mass is 334 g/mol. The van der Waals surface area contributed by atoms with Gasteiger partial charge in [0.05, 0.1) is 17.6 Å². The van der Waals surface area contributed by atoms with Crippen molar-refractivity contribution in [2.45, 2.75) is 45.6 Å². The highest BCUT2D eigenvalue weighted by molar-refractivity contribution is 6.30. The van der Waals surface area contributed by atoms with Crippen LogP contribution in [0.15, 0.2) is 24.3 Å². The van der Waals surface area contributed by atoms with E-state index in [9.17, 15) is 5.11 Å². The molecule has 1 fully saturated rings. The van der Waals surface area contributed by atoms with E-state index in [1.807, 2.05) is 38.1 Å². The fourth-order valence-electron chi connectivity index (χ4n) is 3.22. The average Bonchev–Trinajstić information content (AvgIpc) is 2.55. The summed E-state index contributed by atoms with van der Waals surface area (Å²) < 4.78 is 0. The van der Waals surface area contributed by atoms with E-state index >= 15 is 0 Å². The number of halogens is 1. The maximum absolute atomic E-state index is 10.5. The van der Waals surface area contributed by atoms with Crippen molar-refractivity contribution in [3.05, 3.63) is 34.9 Å². The molecule has 23 heavy (non-hydrogen) atoms. The van der Waals surface area contributed by atoms with Gasteiger partial charge in [0, 0.05) is 5.02 Å². The molecule has 0 aromatic heterocycles. The molecular formula is C19H27ClN2O. The summed E-state index contributed by atoms with van der Waals surface area (Å²) in [6.45, 7) is 7.11. The molecular weight excluding hydrogens is 308 g/mol. The van der Waals surface area contributed by atoms with E-state index < -0.39 is 6.10 Å². The van der Waals surface area contributed by atoms with Crippen molar-refractivity contribution < 1.29 is 5.11 Å². The number of rotatable bonds is 6. The van der Waals surface area contributed by atoms with Crippen molar-refractivity contribution in [3.63, 3.8) is 0 Å². The summed E-state index contributed by atoms with van der Waals surface area (Å²) in [6, 6.07) is 9.88. The zero-order chi connectivity index (χ0) is 16.9. The Morgan fingerprint density at radius 3 is 2.48 bits per heavy atom. The van der Waals surface area contributed by atoms with Gasteiger partial charge in [-0.2, -0.15) is 5.26 Å². The van der Waals surface area contributed by atoms with Crippen molar-refractivity contribution >= 4 is 11.6 Å². The van der Waals surface area contributed by atoms with E-state index in [1.165, 1.54) is 0 Å². The Kier molecular flexibility index (Phi) is 6.47. The van der Waals surface area contributed by atoms with Gasteiger partial charge in [-0.1, -0.05) is 23.7 Å². The van der Waals surface area contributed by atoms with E-state index in [0.29, 0.717) is 10.9 Å². The normalized spacial score (nSPS) is 18.6. The van der Waals surface area contributed by atoms with Gasteiger partial charge < -0.3 is 10.0 Å². The molecule has 1 aromatic carbocycles. The minimum atomic E-state index is -0.396. The van der Waals surface area contributed by atoms with Gasteiger partial charge in [-0.05, 0) is 82.8 Å². The van der Waals surface area contributed by atoms with Crippen LogP contribution >= 0.6 is 11.6 Å². The lowest BCUT2D eigenvalue weighted by atomic mass is 9.87. The van der Waals surface area contributed by atoms with Crippen molar-refractivity contribution in [1.82, 2.24) is 4.90 Å². The first-order valence-corrected chi connectivity index (χ1v) is 8.86. The van der Waals surface area contributed by atoms with Gasteiger partial charge in [0.2, 0.25) is 0 Å². The third kappa shape index (κ3) is 5.49. The molecule has 0 amide bonds. The zero-order valence-corrected chi connectivity index (χ0v) is 14.9. The second-order valence-electron chi connectivity index (χ2n) is 7.27. The van der Waals surface area contributed by atoms with Crippen LogP contribution in [0.25, 0.3) is 0 Å². The van der Waals surface area contributed by atoms with Crippen molar-refractivity contribution in [2.24, 2.45) is 11.3 Å². The first kappa shape index (κ1) is 18.3. The van der Waals surface area contributed by atoms with Gasteiger partial charge in [-0.15, -0.1) is 0 Å². The Morgan fingerprint density at radius 1 is 1.30 bits per heavy atom. The van der Waals surface area contributed by atoms with E-state index in [1.54, 1.807) is 0 Å². The number of likely N-dealkylation sites (tertiary alicyclic amines) is 1.